The number of hydrogen-bond donors (Lipinski definition) is 1. The minimum atomic E-state index is -0.216. The highest BCUT2D eigenvalue weighted by Gasteiger charge is 2.08. The van der Waals surface area contributed by atoms with Crippen LogP contribution in [0.1, 0.15) is 19.4 Å². The molecule has 0 aliphatic rings. The number of halogens is 1. The highest BCUT2D eigenvalue weighted by atomic mass is 32.1. The van der Waals surface area contributed by atoms with Gasteiger partial charge in [0.25, 0.3) is 0 Å². The van der Waals surface area contributed by atoms with E-state index in [1.165, 1.54) is 6.07 Å². The van der Waals surface area contributed by atoms with E-state index in [1.54, 1.807) is 6.92 Å². The molecule has 0 aliphatic heterocycles. The summed E-state index contributed by atoms with van der Waals surface area (Å²) in [6, 6.07) is 3.31. The minimum Gasteiger partial charge on any atom is -0.379 e. The first-order valence-electron chi connectivity index (χ1n) is 6.45. The Labute approximate surface area is 117 Å². The van der Waals surface area contributed by atoms with Crippen molar-refractivity contribution in [2.45, 2.75) is 27.3 Å². The minimum absolute atomic E-state index is 0.216. The van der Waals surface area contributed by atoms with Crippen LogP contribution in [0.25, 0.3) is 11.0 Å². The number of nitrogens with zero attached hydrogens (tertiary/aromatic N) is 1. The van der Waals surface area contributed by atoms with E-state index < -0.39 is 0 Å². The Bertz CT molecular complexity index is 630. The number of aromatic amines is 1. The van der Waals surface area contributed by atoms with Crippen molar-refractivity contribution in [2.75, 3.05) is 13.2 Å². The number of imidazole rings is 1. The third kappa shape index (κ3) is 3.22. The highest BCUT2D eigenvalue weighted by Crippen LogP contribution is 2.18. The molecule has 1 N–H and O–H groups in total. The molecule has 0 aliphatic carbocycles. The van der Waals surface area contributed by atoms with Gasteiger partial charge in [-0.05, 0) is 42.8 Å². The zero-order chi connectivity index (χ0) is 14.0. The molecule has 19 heavy (non-hydrogen) atoms. The summed E-state index contributed by atoms with van der Waals surface area (Å²) in [6.07, 6.45) is 0. The van der Waals surface area contributed by atoms with Crippen LogP contribution in [0, 0.1) is 23.4 Å². The molecular weight excluding hydrogens is 263 g/mol. The van der Waals surface area contributed by atoms with E-state index in [9.17, 15) is 4.39 Å². The zero-order valence-electron chi connectivity index (χ0n) is 11.5. The normalized spacial score (nSPS) is 11.6. The van der Waals surface area contributed by atoms with Gasteiger partial charge < -0.3 is 14.3 Å². The monoisotopic (exact) mass is 282 g/mol. The first kappa shape index (κ1) is 14.2. The van der Waals surface area contributed by atoms with E-state index >= 15 is 0 Å². The van der Waals surface area contributed by atoms with Crippen molar-refractivity contribution in [1.82, 2.24) is 9.55 Å². The van der Waals surface area contributed by atoms with Crippen LogP contribution in [-0.4, -0.2) is 22.8 Å². The summed E-state index contributed by atoms with van der Waals surface area (Å²) in [4.78, 5) is 3.03. The summed E-state index contributed by atoms with van der Waals surface area (Å²) < 4.78 is 21.6. The SMILES string of the molecule is Cc1cc2c(cc1F)[nH]c(=S)n2CCOCC(C)C. The lowest BCUT2D eigenvalue weighted by molar-refractivity contribution is 0.103. The summed E-state index contributed by atoms with van der Waals surface area (Å²) in [6.45, 7) is 8.01. The van der Waals surface area contributed by atoms with Crippen LogP contribution in [0.2, 0.25) is 0 Å². The molecule has 0 bridgehead atoms. The Morgan fingerprint density at radius 2 is 2.16 bits per heavy atom. The second-order valence-corrected chi connectivity index (χ2v) is 5.56. The van der Waals surface area contributed by atoms with Crippen LogP contribution in [0.4, 0.5) is 4.39 Å². The Balaban J connectivity index is 2.20. The van der Waals surface area contributed by atoms with E-state index in [4.69, 9.17) is 17.0 Å². The molecule has 0 unspecified atom stereocenters. The van der Waals surface area contributed by atoms with Gasteiger partial charge in [0.2, 0.25) is 0 Å². The maximum absolute atomic E-state index is 13.5. The summed E-state index contributed by atoms with van der Waals surface area (Å²) in [5.41, 5.74) is 2.28. The molecule has 2 aromatic rings. The van der Waals surface area contributed by atoms with Gasteiger partial charge in [-0.1, -0.05) is 13.8 Å². The summed E-state index contributed by atoms with van der Waals surface area (Å²) >= 11 is 5.27. The topological polar surface area (TPSA) is 29.9 Å². The molecule has 104 valence electrons. The number of aromatic nitrogens is 2. The van der Waals surface area contributed by atoms with E-state index in [1.807, 2.05) is 10.6 Å². The maximum atomic E-state index is 13.5. The molecule has 3 nitrogen and oxygen atoms in total. The Morgan fingerprint density at radius 1 is 1.42 bits per heavy atom. The number of rotatable bonds is 5. The summed E-state index contributed by atoms with van der Waals surface area (Å²) in [5, 5.41) is 0. The van der Waals surface area contributed by atoms with Gasteiger partial charge in [0.1, 0.15) is 5.82 Å². The maximum Gasteiger partial charge on any atom is 0.178 e. The Kier molecular flexibility index (Phi) is 4.37. The largest absolute Gasteiger partial charge is 0.379 e. The van der Waals surface area contributed by atoms with Gasteiger partial charge >= 0.3 is 0 Å². The number of ether oxygens (including phenoxy) is 1. The molecule has 0 radical (unpaired) electrons. The van der Waals surface area contributed by atoms with Gasteiger partial charge in [0, 0.05) is 13.2 Å². The van der Waals surface area contributed by atoms with Crippen LogP contribution in [0.15, 0.2) is 12.1 Å². The average molecular weight is 282 g/mol. The smallest absolute Gasteiger partial charge is 0.178 e. The van der Waals surface area contributed by atoms with Crippen LogP contribution < -0.4 is 0 Å². The lowest BCUT2D eigenvalue weighted by Gasteiger charge is -2.08. The molecule has 0 saturated heterocycles. The summed E-state index contributed by atoms with van der Waals surface area (Å²) in [5.74, 6) is 0.305. The lowest BCUT2D eigenvalue weighted by Crippen LogP contribution is -2.09. The molecule has 0 saturated carbocycles. The second kappa shape index (κ2) is 5.84. The molecule has 0 atom stereocenters. The third-order valence-corrected chi connectivity index (χ3v) is 3.29. The standard InChI is InChI=1S/C14H19FN2OS/c1-9(2)8-18-5-4-17-13-6-10(3)11(15)7-12(13)16-14(17)19/h6-7,9H,4-5,8H2,1-3H3,(H,16,19). The van der Waals surface area contributed by atoms with Gasteiger partial charge in [-0.15, -0.1) is 0 Å². The molecule has 1 heterocycles. The molecule has 1 aromatic heterocycles. The van der Waals surface area contributed by atoms with Crippen molar-refractivity contribution in [3.05, 3.63) is 28.3 Å². The predicted molar refractivity (Wildman–Crippen MR) is 77.5 cm³/mol. The fourth-order valence-electron chi connectivity index (χ4n) is 1.98. The van der Waals surface area contributed by atoms with Crippen LogP contribution in [0.5, 0.6) is 0 Å². The number of hydrogen-bond acceptors (Lipinski definition) is 2. The van der Waals surface area contributed by atoms with Crippen LogP contribution in [0.3, 0.4) is 0 Å². The fraction of sp³-hybridized carbons (Fsp3) is 0.500. The molecule has 2 rings (SSSR count). The first-order chi connectivity index (χ1) is 8.99. The molecule has 5 heteroatoms. The van der Waals surface area contributed by atoms with Gasteiger partial charge in [-0.2, -0.15) is 0 Å². The first-order valence-corrected chi connectivity index (χ1v) is 6.86. The average Bonchev–Trinajstić information content (AvgIpc) is 2.61. The van der Waals surface area contributed by atoms with Crippen molar-refractivity contribution >= 4 is 23.3 Å². The van der Waals surface area contributed by atoms with Crippen LogP contribution >= 0.6 is 12.2 Å². The van der Waals surface area contributed by atoms with E-state index in [0.29, 0.717) is 29.4 Å². The molecule has 0 spiro atoms. The number of nitrogens with one attached hydrogen (secondary N) is 1. The molecule has 1 aromatic carbocycles. The lowest BCUT2D eigenvalue weighted by atomic mass is 10.2. The van der Waals surface area contributed by atoms with E-state index in [2.05, 4.69) is 18.8 Å². The van der Waals surface area contributed by atoms with Crippen molar-refractivity contribution in [3.8, 4) is 0 Å². The number of benzene rings is 1. The van der Waals surface area contributed by atoms with Crippen LogP contribution in [-0.2, 0) is 11.3 Å². The van der Waals surface area contributed by atoms with Crippen molar-refractivity contribution < 1.29 is 9.13 Å². The van der Waals surface area contributed by atoms with Crippen molar-refractivity contribution in [3.63, 3.8) is 0 Å². The predicted octanol–water partition coefficient (Wildman–Crippen LogP) is 3.82. The number of aryl methyl sites for hydroxylation is 1. The zero-order valence-corrected chi connectivity index (χ0v) is 12.3. The van der Waals surface area contributed by atoms with Crippen molar-refractivity contribution in [1.29, 1.82) is 0 Å². The third-order valence-electron chi connectivity index (χ3n) is 2.96. The molecular formula is C14H19FN2OS. The number of H-pyrrole nitrogens is 1. The molecule has 0 fully saturated rings. The van der Waals surface area contributed by atoms with Crippen molar-refractivity contribution in [2.24, 2.45) is 5.92 Å². The summed E-state index contributed by atoms with van der Waals surface area (Å²) in [7, 11) is 0. The number of fused-ring (bicyclic) bond motifs is 1. The van der Waals surface area contributed by atoms with Gasteiger partial charge in [-0.3, -0.25) is 0 Å². The second-order valence-electron chi connectivity index (χ2n) is 5.17. The quantitative estimate of drug-likeness (QED) is 0.667. The van der Waals surface area contributed by atoms with E-state index in [-0.39, 0.29) is 5.82 Å². The van der Waals surface area contributed by atoms with Gasteiger partial charge in [0.15, 0.2) is 4.77 Å². The Hall–Kier alpha value is -1.20. The van der Waals surface area contributed by atoms with Gasteiger partial charge in [-0.25, -0.2) is 4.39 Å². The fourth-order valence-corrected chi connectivity index (χ4v) is 2.28. The Morgan fingerprint density at radius 3 is 2.84 bits per heavy atom. The van der Waals surface area contributed by atoms with E-state index in [0.717, 1.165) is 17.6 Å². The van der Waals surface area contributed by atoms with Gasteiger partial charge in [0.05, 0.1) is 17.6 Å². The molecule has 0 amide bonds. The highest BCUT2D eigenvalue weighted by molar-refractivity contribution is 7.71.